The van der Waals surface area contributed by atoms with Gasteiger partial charge in [-0.1, -0.05) is 12.8 Å². The summed E-state index contributed by atoms with van der Waals surface area (Å²) >= 11 is 0. The van der Waals surface area contributed by atoms with Crippen molar-refractivity contribution in [1.82, 2.24) is 5.43 Å². The van der Waals surface area contributed by atoms with Crippen LogP contribution in [0.5, 0.6) is 0 Å². The number of nitrogens with one attached hydrogen (secondary N) is 1. The van der Waals surface area contributed by atoms with Gasteiger partial charge in [0.1, 0.15) is 0 Å². The van der Waals surface area contributed by atoms with Crippen molar-refractivity contribution in [1.29, 1.82) is 0 Å². The molecule has 0 heterocycles. The van der Waals surface area contributed by atoms with Crippen molar-refractivity contribution < 1.29 is 9.47 Å². The highest BCUT2D eigenvalue weighted by Gasteiger charge is 2.41. The molecule has 0 aromatic rings. The molecule has 0 radical (unpaired) electrons. The number of hydrogen-bond donors (Lipinski definition) is 2. The first-order valence-corrected chi connectivity index (χ1v) is 5.38. The molecular formula is C10H22N2O2. The Balaban J connectivity index is 2.54. The summed E-state index contributed by atoms with van der Waals surface area (Å²) in [6.07, 6.45) is 4.59. The largest absolute Gasteiger partial charge is 0.380 e. The van der Waals surface area contributed by atoms with Crippen molar-refractivity contribution >= 4 is 0 Å². The van der Waals surface area contributed by atoms with Gasteiger partial charge in [0, 0.05) is 13.7 Å². The van der Waals surface area contributed by atoms with Gasteiger partial charge in [0.25, 0.3) is 0 Å². The van der Waals surface area contributed by atoms with Gasteiger partial charge in [0.15, 0.2) is 0 Å². The SMILES string of the molecule is CCOCC(NN)C1(OC)CCCC1. The molecule has 0 spiro atoms. The van der Waals surface area contributed by atoms with Crippen LogP contribution >= 0.6 is 0 Å². The Hall–Kier alpha value is -0.160. The Morgan fingerprint density at radius 2 is 2.07 bits per heavy atom. The molecule has 4 nitrogen and oxygen atoms in total. The lowest BCUT2D eigenvalue weighted by Gasteiger charge is -2.35. The molecule has 0 aromatic carbocycles. The van der Waals surface area contributed by atoms with Gasteiger partial charge in [0.2, 0.25) is 0 Å². The third kappa shape index (κ3) is 2.45. The van der Waals surface area contributed by atoms with Gasteiger partial charge >= 0.3 is 0 Å². The zero-order valence-corrected chi connectivity index (χ0v) is 9.21. The van der Waals surface area contributed by atoms with Crippen LogP contribution in [-0.4, -0.2) is 32.0 Å². The molecule has 0 bridgehead atoms. The number of rotatable bonds is 6. The second kappa shape index (κ2) is 5.66. The van der Waals surface area contributed by atoms with Crippen LogP contribution in [0.4, 0.5) is 0 Å². The first-order valence-electron chi connectivity index (χ1n) is 5.38. The minimum absolute atomic E-state index is 0.106. The second-order valence-corrected chi connectivity index (χ2v) is 3.85. The molecule has 14 heavy (non-hydrogen) atoms. The quantitative estimate of drug-likeness (QED) is 0.494. The minimum atomic E-state index is -0.107. The minimum Gasteiger partial charge on any atom is -0.380 e. The fourth-order valence-electron chi connectivity index (χ4n) is 2.26. The molecule has 1 rings (SSSR count). The molecule has 1 fully saturated rings. The smallest absolute Gasteiger partial charge is 0.0866 e. The van der Waals surface area contributed by atoms with Crippen LogP contribution < -0.4 is 11.3 Å². The lowest BCUT2D eigenvalue weighted by atomic mass is 9.93. The van der Waals surface area contributed by atoms with E-state index in [1.165, 1.54) is 12.8 Å². The number of ether oxygens (including phenoxy) is 2. The van der Waals surface area contributed by atoms with Crippen LogP contribution in [-0.2, 0) is 9.47 Å². The summed E-state index contributed by atoms with van der Waals surface area (Å²) in [7, 11) is 1.77. The van der Waals surface area contributed by atoms with Crippen molar-refractivity contribution in [2.45, 2.75) is 44.2 Å². The third-order valence-corrected chi connectivity index (χ3v) is 3.18. The maximum absolute atomic E-state index is 5.63. The standard InChI is InChI=1S/C10H22N2O2/c1-3-14-8-9(12-11)10(13-2)6-4-5-7-10/h9,12H,3-8,11H2,1-2H3. The van der Waals surface area contributed by atoms with Gasteiger partial charge in [0.05, 0.1) is 18.2 Å². The Morgan fingerprint density at radius 1 is 1.43 bits per heavy atom. The van der Waals surface area contributed by atoms with E-state index < -0.39 is 0 Å². The zero-order chi connectivity index (χ0) is 10.4. The van der Waals surface area contributed by atoms with E-state index in [0.717, 1.165) is 19.4 Å². The van der Waals surface area contributed by atoms with E-state index >= 15 is 0 Å². The van der Waals surface area contributed by atoms with E-state index in [1.54, 1.807) is 7.11 Å². The predicted molar refractivity (Wildman–Crippen MR) is 55.8 cm³/mol. The van der Waals surface area contributed by atoms with Crippen molar-refractivity contribution in [2.24, 2.45) is 5.84 Å². The Morgan fingerprint density at radius 3 is 2.50 bits per heavy atom. The fourth-order valence-corrected chi connectivity index (χ4v) is 2.26. The molecule has 1 unspecified atom stereocenters. The summed E-state index contributed by atoms with van der Waals surface area (Å²) < 4.78 is 11.0. The number of hydrazine groups is 1. The fraction of sp³-hybridized carbons (Fsp3) is 1.00. The van der Waals surface area contributed by atoms with E-state index in [9.17, 15) is 0 Å². The summed E-state index contributed by atoms with van der Waals surface area (Å²) in [5.41, 5.74) is 2.71. The summed E-state index contributed by atoms with van der Waals surface area (Å²) in [6, 6.07) is 0.106. The molecule has 84 valence electrons. The summed E-state index contributed by atoms with van der Waals surface area (Å²) in [6.45, 7) is 3.33. The van der Waals surface area contributed by atoms with Gasteiger partial charge < -0.3 is 9.47 Å². The maximum atomic E-state index is 5.63. The van der Waals surface area contributed by atoms with Crippen LogP contribution in [0.3, 0.4) is 0 Å². The highest BCUT2D eigenvalue weighted by Crippen LogP contribution is 2.35. The van der Waals surface area contributed by atoms with E-state index in [0.29, 0.717) is 6.61 Å². The summed E-state index contributed by atoms with van der Waals surface area (Å²) in [5, 5.41) is 0. The van der Waals surface area contributed by atoms with Crippen LogP contribution in [0, 0.1) is 0 Å². The van der Waals surface area contributed by atoms with E-state index in [1.807, 2.05) is 6.92 Å². The Kier molecular flexibility index (Phi) is 4.81. The average molecular weight is 202 g/mol. The van der Waals surface area contributed by atoms with Gasteiger partial charge in [-0.15, -0.1) is 0 Å². The monoisotopic (exact) mass is 202 g/mol. The van der Waals surface area contributed by atoms with E-state index in [2.05, 4.69) is 5.43 Å². The lowest BCUT2D eigenvalue weighted by Crippen LogP contribution is -2.55. The molecule has 0 saturated heterocycles. The Bertz CT molecular complexity index is 158. The molecule has 4 heteroatoms. The molecule has 1 aliphatic carbocycles. The van der Waals surface area contributed by atoms with Crippen LogP contribution in [0.2, 0.25) is 0 Å². The topological polar surface area (TPSA) is 56.5 Å². The van der Waals surface area contributed by atoms with Gasteiger partial charge in [-0.05, 0) is 19.8 Å². The summed E-state index contributed by atoms with van der Waals surface area (Å²) in [4.78, 5) is 0. The van der Waals surface area contributed by atoms with Crippen molar-refractivity contribution in [3.63, 3.8) is 0 Å². The first kappa shape index (κ1) is 11.9. The summed E-state index contributed by atoms with van der Waals surface area (Å²) in [5.74, 6) is 5.54. The average Bonchev–Trinajstić information content (AvgIpc) is 2.69. The third-order valence-electron chi connectivity index (χ3n) is 3.18. The van der Waals surface area contributed by atoms with Crippen molar-refractivity contribution in [2.75, 3.05) is 20.3 Å². The van der Waals surface area contributed by atoms with Crippen LogP contribution in [0.25, 0.3) is 0 Å². The first-order chi connectivity index (χ1) is 6.79. The molecule has 1 saturated carbocycles. The van der Waals surface area contributed by atoms with Gasteiger partial charge in [-0.25, -0.2) is 0 Å². The van der Waals surface area contributed by atoms with Crippen molar-refractivity contribution in [3.8, 4) is 0 Å². The lowest BCUT2D eigenvalue weighted by molar-refractivity contribution is -0.0586. The number of hydrogen-bond acceptors (Lipinski definition) is 4. The number of methoxy groups -OCH3 is 1. The predicted octanol–water partition coefficient (Wildman–Crippen LogP) is 0.814. The second-order valence-electron chi connectivity index (χ2n) is 3.85. The highest BCUT2D eigenvalue weighted by atomic mass is 16.5. The molecule has 3 N–H and O–H groups in total. The molecule has 0 aliphatic heterocycles. The van der Waals surface area contributed by atoms with Gasteiger partial charge in [-0.2, -0.15) is 0 Å². The zero-order valence-electron chi connectivity index (χ0n) is 9.21. The van der Waals surface area contributed by atoms with Crippen molar-refractivity contribution in [3.05, 3.63) is 0 Å². The molecule has 1 aliphatic rings. The molecular weight excluding hydrogens is 180 g/mol. The molecule has 0 amide bonds. The molecule has 0 aromatic heterocycles. The Labute approximate surface area is 86.1 Å². The van der Waals surface area contributed by atoms with Crippen LogP contribution in [0.15, 0.2) is 0 Å². The number of nitrogens with two attached hydrogens (primary N) is 1. The van der Waals surface area contributed by atoms with E-state index in [4.69, 9.17) is 15.3 Å². The highest BCUT2D eigenvalue weighted by molar-refractivity contribution is 4.95. The maximum Gasteiger partial charge on any atom is 0.0866 e. The normalized spacial score (nSPS) is 22.5. The van der Waals surface area contributed by atoms with Gasteiger partial charge in [-0.3, -0.25) is 11.3 Å². The van der Waals surface area contributed by atoms with Crippen LogP contribution in [0.1, 0.15) is 32.6 Å². The molecule has 1 atom stereocenters. The van der Waals surface area contributed by atoms with E-state index in [-0.39, 0.29) is 11.6 Å².